The van der Waals surface area contributed by atoms with Crippen LogP contribution in [0.25, 0.3) is 0 Å². The third-order valence-electron chi connectivity index (χ3n) is 5.02. The number of rotatable bonds is 4. The van der Waals surface area contributed by atoms with E-state index < -0.39 is 12.0 Å². The van der Waals surface area contributed by atoms with Crippen LogP contribution < -0.4 is 0 Å². The average molecular weight is 341 g/mol. The first kappa shape index (κ1) is 17.2. The molecule has 3 rings (SSSR count). The fraction of sp³-hybridized carbons (Fsp3) is 0.421. The summed E-state index contributed by atoms with van der Waals surface area (Å²) >= 11 is 0. The van der Waals surface area contributed by atoms with Crippen LogP contribution in [0.4, 0.5) is 0 Å². The lowest BCUT2D eigenvalue weighted by molar-refractivity contribution is -0.151. The van der Waals surface area contributed by atoms with Crippen molar-refractivity contribution in [3.05, 3.63) is 52.3 Å². The second kappa shape index (κ2) is 6.70. The van der Waals surface area contributed by atoms with Crippen molar-refractivity contribution in [2.24, 2.45) is 0 Å². The summed E-state index contributed by atoms with van der Waals surface area (Å²) in [5.74, 6) is -1.18. The molecular formula is C19H23N3O3. The van der Waals surface area contributed by atoms with Gasteiger partial charge >= 0.3 is 5.97 Å². The summed E-state index contributed by atoms with van der Waals surface area (Å²) in [4.78, 5) is 26.0. The van der Waals surface area contributed by atoms with Crippen LogP contribution >= 0.6 is 0 Å². The van der Waals surface area contributed by atoms with E-state index in [-0.39, 0.29) is 12.5 Å². The van der Waals surface area contributed by atoms with Crippen molar-refractivity contribution < 1.29 is 14.7 Å². The number of carbonyl (C=O) groups is 2. The molecule has 1 aliphatic heterocycles. The Balaban J connectivity index is 1.86. The molecule has 6 nitrogen and oxygen atoms in total. The molecular weight excluding hydrogens is 318 g/mol. The number of aromatic nitrogens is 2. The van der Waals surface area contributed by atoms with E-state index in [0.717, 1.165) is 34.5 Å². The Kier molecular flexibility index (Phi) is 4.61. The Morgan fingerprint density at radius 3 is 2.52 bits per heavy atom. The molecule has 0 saturated carbocycles. The van der Waals surface area contributed by atoms with Crippen molar-refractivity contribution in [1.82, 2.24) is 14.7 Å². The number of benzene rings is 1. The van der Waals surface area contributed by atoms with Gasteiger partial charge in [0.1, 0.15) is 12.6 Å². The van der Waals surface area contributed by atoms with E-state index in [1.807, 2.05) is 38.1 Å². The van der Waals surface area contributed by atoms with Gasteiger partial charge in [0, 0.05) is 18.7 Å². The summed E-state index contributed by atoms with van der Waals surface area (Å²) in [6.07, 6.45) is 1.20. The lowest BCUT2D eigenvalue weighted by Gasteiger charge is -2.34. The number of carboxylic acids is 1. The first-order valence-corrected chi connectivity index (χ1v) is 8.54. The average Bonchev–Trinajstić information content (AvgIpc) is 2.86. The van der Waals surface area contributed by atoms with Crippen LogP contribution in [-0.2, 0) is 35.5 Å². The van der Waals surface area contributed by atoms with Gasteiger partial charge in [-0.15, -0.1) is 0 Å². The van der Waals surface area contributed by atoms with Crippen LogP contribution in [0.15, 0.2) is 24.3 Å². The maximum atomic E-state index is 12.9. The van der Waals surface area contributed by atoms with Crippen molar-refractivity contribution >= 4 is 11.9 Å². The molecule has 25 heavy (non-hydrogen) atoms. The second-order valence-electron chi connectivity index (χ2n) is 6.51. The van der Waals surface area contributed by atoms with E-state index in [2.05, 4.69) is 12.0 Å². The van der Waals surface area contributed by atoms with E-state index in [4.69, 9.17) is 0 Å². The number of nitrogens with zero attached hydrogens (tertiary/aromatic N) is 3. The molecule has 2 heterocycles. The summed E-state index contributed by atoms with van der Waals surface area (Å²) in [6.45, 7) is 6.34. The van der Waals surface area contributed by atoms with Gasteiger partial charge in [0.05, 0.1) is 5.69 Å². The highest BCUT2D eigenvalue weighted by molar-refractivity contribution is 5.84. The predicted molar refractivity (Wildman–Crippen MR) is 93.2 cm³/mol. The normalized spacial score (nSPS) is 16.6. The summed E-state index contributed by atoms with van der Waals surface area (Å²) in [7, 11) is 0. The van der Waals surface area contributed by atoms with Crippen LogP contribution in [0, 0.1) is 13.8 Å². The highest BCUT2D eigenvalue weighted by atomic mass is 16.4. The molecule has 0 bridgehead atoms. The van der Waals surface area contributed by atoms with Crippen molar-refractivity contribution in [2.45, 2.75) is 52.7 Å². The topological polar surface area (TPSA) is 75.4 Å². The Bertz CT molecular complexity index is 825. The molecule has 1 aliphatic rings. The fourth-order valence-corrected chi connectivity index (χ4v) is 3.62. The number of carbonyl (C=O) groups excluding carboxylic acids is 1. The highest BCUT2D eigenvalue weighted by Crippen LogP contribution is 2.24. The van der Waals surface area contributed by atoms with Crippen LogP contribution in [-0.4, -0.2) is 37.7 Å². The van der Waals surface area contributed by atoms with E-state index in [1.165, 1.54) is 4.90 Å². The van der Waals surface area contributed by atoms with Crippen LogP contribution in [0.2, 0.25) is 0 Å². The molecule has 0 saturated heterocycles. The Morgan fingerprint density at radius 1 is 1.24 bits per heavy atom. The summed E-state index contributed by atoms with van der Waals surface area (Å²) < 4.78 is 1.69. The minimum Gasteiger partial charge on any atom is -0.480 e. The first-order chi connectivity index (χ1) is 11.9. The number of fused-ring (bicyclic) bond motifs is 1. The van der Waals surface area contributed by atoms with Gasteiger partial charge in [-0.2, -0.15) is 5.10 Å². The monoisotopic (exact) mass is 341 g/mol. The zero-order valence-corrected chi connectivity index (χ0v) is 14.8. The molecule has 0 aliphatic carbocycles. The zero-order valence-electron chi connectivity index (χ0n) is 14.8. The molecule has 1 atom stereocenters. The molecule has 2 aromatic rings. The number of aryl methyl sites for hydroxylation is 1. The predicted octanol–water partition coefficient (Wildman–Crippen LogP) is 2.10. The molecule has 0 unspecified atom stereocenters. The summed E-state index contributed by atoms with van der Waals surface area (Å²) in [6, 6.07) is 6.87. The third-order valence-corrected chi connectivity index (χ3v) is 5.02. The van der Waals surface area contributed by atoms with E-state index in [9.17, 15) is 14.7 Å². The van der Waals surface area contributed by atoms with Crippen LogP contribution in [0.3, 0.4) is 0 Å². The Morgan fingerprint density at radius 2 is 1.92 bits per heavy atom. The largest absolute Gasteiger partial charge is 0.480 e. The van der Waals surface area contributed by atoms with E-state index in [0.29, 0.717) is 13.0 Å². The van der Waals surface area contributed by atoms with Crippen molar-refractivity contribution in [1.29, 1.82) is 0 Å². The van der Waals surface area contributed by atoms with Crippen molar-refractivity contribution in [3.8, 4) is 0 Å². The lowest BCUT2D eigenvalue weighted by Crippen LogP contribution is -2.49. The highest BCUT2D eigenvalue weighted by Gasteiger charge is 2.34. The van der Waals surface area contributed by atoms with Gasteiger partial charge in [0.25, 0.3) is 0 Å². The molecule has 1 aromatic carbocycles. The molecule has 1 amide bonds. The number of hydrogen-bond donors (Lipinski definition) is 1. The molecule has 1 N–H and O–H groups in total. The Hall–Kier alpha value is -2.63. The minimum atomic E-state index is -0.967. The van der Waals surface area contributed by atoms with Gasteiger partial charge in [-0.25, -0.2) is 4.79 Å². The van der Waals surface area contributed by atoms with Crippen LogP contribution in [0.1, 0.15) is 35.0 Å². The maximum Gasteiger partial charge on any atom is 0.326 e. The molecule has 0 fully saturated rings. The summed E-state index contributed by atoms with van der Waals surface area (Å²) in [5, 5.41) is 14.0. The molecule has 0 radical (unpaired) electrons. The van der Waals surface area contributed by atoms with Gasteiger partial charge in [0.2, 0.25) is 5.91 Å². The first-order valence-electron chi connectivity index (χ1n) is 8.54. The standard InChI is InChI=1S/C19H23N3O3/c1-4-16-12(2)20-22(13(16)3)11-18(23)21-10-15-8-6-5-7-14(15)9-17(21)19(24)25/h5-8,17H,4,9-11H2,1-3H3,(H,24,25)/t17-/m0/s1. The molecule has 0 spiro atoms. The van der Waals surface area contributed by atoms with Gasteiger partial charge < -0.3 is 10.0 Å². The molecule has 132 valence electrons. The lowest BCUT2D eigenvalue weighted by atomic mass is 9.94. The van der Waals surface area contributed by atoms with E-state index >= 15 is 0 Å². The summed E-state index contributed by atoms with van der Waals surface area (Å²) in [5.41, 5.74) is 5.05. The zero-order chi connectivity index (χ0) is 18.1. The van der Waals surface area contributed by atoms with Gasteiger partial charge in [0.15, 0.2) is 0 Å². The molecule has 6 heteroatoms. The van der Waals surface area contributed by atoms with Gasteiger partial charge in [-0.1, -0.05) is 31.2 Å². The number of aliphatic carboxylic acids is 1. The number of amides is 1. The van der Waals surface area contributed by atoms with Gasteiger partial charge in [-0.05, 0) is 37.0 Å². The number of hydrogen-bond acceptors (Lipinski definition) is 3. The quantitative estimate of drug-likeness (QED) is 0.924. The Labute approximate surface area is 147 Å². The van der Waals surface area contributed by atoms with E-state index in [1.54, 1.807) is 4.68 Å². The van der Waals surface area contributed by atoms with Crippen molar-refractivity contribution in [3.63, 3.8) is 0 Å². The SMILES string of the molecule is CCc1c(C)nn(CC(=O)N2Cc3ccccc3C[C@H]2C(=O)O)c1C. The minimum absolute atomic E-state index is 0.0681. The maximum absolute atomic E-state index is 12.9. The second-order valence-corrected chi connectivity index (χ2v) is 6.51. The molecule has 1 aromatic heterocycles. The fourth-order valence-electron chi connectivity index (χ4n) is 3.62. The van der Waals surface area contributed by atoms with Gasteiger partial charge in [-0.3, -0.25) is 9.48 Å². The number of carboxylic acid groups (broad SMARTS) is 1. The third kappa shape index (κ3) is 3.16. The van der Waals surface area contributed by atoms with Crippen molar-refractivity contribution in [2.75, 3.05) is 0 Å². The van der Waals surface area contributed by atoms with Crippen LogP contribution in [0.5, 0.6) is 0 Å². The smallest absolute Gasteiger partial charge is 0.326 e.